The van der Waals surface area contributed by atoms with Crippen molar-refractivity contribution in [2.75, 3.05) is 10.7 Å². The molecule has 0 unspecified atom stereocenters. The molecule has 2 rings (SSSR count). The van der Waals surface area contributed by atoms with E-state index in [1.807, 2.05) is 18.2 Å². The minimum absolute atomic E-state index is 0.311. The third-order valence-corrected chi connectivity index (χ3v) is 2.92. The van der Waals surface area contributed by atoms with Gasteiger partial charge >= 0.3 is 0 Å². The van der Waals surface area contributed by atoms with Gasteiger partial charge in [0.2, 0.25) is 5.95 Å². The Bertz CT molecular complexity index is 570. The van der Waals surface area contributed by atoms with E-state index in [1.165, 1.54) is 17.3 Å². The van der Waals surface area contributed by atoms with Crippen molar-refractivity contribution in [2.24, 2.45) is 5.84 Å². The van der Waals surface area contributed by atoms with Crippen LogP contribution in [0.2, 0.25) is 5.02 Å². The lowest BCUT2D eigenvalue weighted by molar-refractivity contribution is 1.12. The van der Waals surface area contributed by atoms with Gasteiger partial charge in [0.05, 0.1) is 6.20 Å². The third-order valence-electron chi connectivity index (χ3n) is 2.64. The largest absolute Gasteiger partial charge is 0.339 e. The van der Waals surface area contributed by atoms with E-state index in [0.29, 0.717) is 16.8 Å². The Hall–Kier alpha value is -1.85. The highest BCUT2D eigenvalue weighted by Crippen LogP contribution is 2.24. The lowest BCUT2D eigenvalue weighted by Crippen LogP contribution is -2.11. The summed E-state index contributed by atoms with van der Waals surface area (Å²) in [6.45, 7) is 4.11. The lowest BCUT2D eigenvalue weighted by Gasteiger charge is -2.10. The molecule has 0 atom stereocenters. The lowest BCUT2D eigenvalue weighted by atomic mass is 10.1. The van der Waals surface area contributed by atoms with Gasteiger partial charge in [-0.1, -0.05) is 17.7 Å². The van der Waals surface area contributed by atoms with Crippen molar-refractivity contribution in [2.45, 2.75) is 13.8 Å². The van der Waals surface area contributed by atoms with Gasteiger partial charge in [-0.2, -0.15) is 4.98 Å². The zero-order valence-electron chi connectivity index (χ0n) is 10.2. The maximum Gasteiger partial charge on any atom is 0.239 e. The van der Waals surface area contributed by atoms with Crippen LogP contribution in [0.3, 0.4) is 0 Å². The fourth-order valence-corrected chi connectivity index (χ4v) is 1.62. The number of aromatic nitrogens is 2. The van der Waals surface area contributed by atoms with Crippen LogP contribution in [0.1, 0.15) is 11.1 Å². The molecule has 0 saturated heterocycles. The number of nitrogens with zero attached hydrogens (tertiary/aromatic N) is 2. The van der Waals surface area contributed by atoms with Crippen LogP contribution in [-0.2, 0) is 0 Å². The van der Waals surface area contributed by atoms with Crippen LogP contribution in [0.4, 0.5) is 17.5 Å². The quantitative estimate of drug-likeness (QED) is 0.586. The smallest absolute Gasteiger partial charge is 0.239 e. The van der Waals surface area contributed by atoms with Crippen LogP contribution in [-0.4, -0.2) is 9.97 Å². The van der Waals surface area contributed by atoms with Crippen LogP contribution in [0.5, 0.6) is 0 Å². The molecule has 1 heterocycles. The van der Waals surface area contributed by atoms with E-state index in [4.69, 9.17) is 17.4 Å². The molecule has 0 aliphatic carbocycles. The molecule has 0 aliphatic rings. The number of aryl methyl sites for hydroxylation is 2. The molecule has 0 saturated carbocycles. The maximum atomic E-state index is 6.02. The van der Waals surface area contributed by atoms with Crippen molar-refractivity contribution in [3.05, 3.63) is 40.5 Å². The monoisotopic (exact) mass is 263 g/mol. The Morgan fingerprint density at radius 3 is 2.67 bits per heavy atom. The van der Waals surface area contributed by atoms with Crippen LogP contribution in [0.15, 0.2) is 24.4 Å². The molecule has 0 aliphatic heterocycles. The van der Waals surface area contributed by atoms with Gasteiger partial charge in [-0.25, -0.2) is 10.8 Å². The zero-order valence-corrected chi connectivity index (χ0v) is 10.9. The predicted octanol–water partition coefficient (Wildman–Crippen LogP) is 2.78. The van der Waals surface area contributed by atoms with E-state index in [-0.39, 0.29) is 0 Å². The number of halogens is 1. The molecule has 18 heavy (non-hydrogen) atoms. The standard InChI is InChI=1S/C12H14ClN5/c1-7-3-4-9(5-8(7)2)16-11-10(13)6-15-12(17-11)18-14/h3-6H,14H2,1-2H3,(H2,15,16,17,18). The van der Waals surface area contributed by atoms with E-state index in [1.54, 1.807) is 0 Å². The first-order chi connectivity index (χ1) is 8.60. The molecule has 6 heteroatoms. The van der Waals surface area contributed by atoms with Crippen molar-refractivity contribution in [1.29, 1.82) is 0 Å². The van der Waals surface area contributed by atoms with Gasteiger partial charge in [0.1, 0.15) is 5.02 Å². The summed E-state index contributed by atoms with van der Waals surface area (Å²) in [4.78, 5) is 8.06. The molecule has 0 spiro atoms. The molecule has 0 bridgehead atoms. The molecule has 0 amide bonds. The molecule has 1 aromatic heterocycles. The van der Waals surface area contributed by atoms with Crippen molar-refractivity contribution in [3.63, 3.8) is 0 Å². The SMILES string of the molecule is Cc1ccc(Nc2nc(NN)ncc2Cl)cc1C. The maximum absolute atomic E-state index is 6.02. The zero-order chi connectivity index (χ0) is 13.1. The number of benzene rings is 1. The number of hydrogen-bond donors (Lipinski definition) is 3. The first-order valence-electron chi connectivity index (χ1n) is 5.43. The Balaban J connectivity index is 2.30. The minimum atomic E-state index is 0.311. The average molecular weight is 264 g/mol. The number of anilines is 3. The summed E-state index contributed by atoms with van der Waals surface area (Å²) < 4.78 is 0. The summed E-state index contributed by atoms with van der Waals surface area (Å²) in [7, 11) is 0. The number of nitrogens with one attached hydrogen (secondary N) is 2. The first-order valence-corrected chi connectivity index (χ1v) is 5.81. The molecule has 2 aromatic rings. The van der Waals surface area contributed by atoms with E-state index >= 15 is 0 Å². The molecule has 0 fully saturated rings. The van der Waals surface area contributed by atoms with Crippen molar-refractivity contribution < 1.29 is 0 Å². The third kappa shape index (κ3) is 2.69. The summed E-state index contributed by atoms with van der Waals surface area (Å²) in [6.07, 6.45) is 1.49. The van der Waals surface area contributed by atoms with Gasteiger partial charge < -0.3 is 5.32 Å². The van der Waals surface area contributed by atoms with Crippen LogP contribution in [0, 0.1) is 13.8 Å². The summed E-state index contributed by atoms with van der Waals surface area (Å²) in [5.41, 5.74) is 5.73. The fourth-order valence-electron chi connectivity index (χ4n) is 1.48. The summed E-state index contributed by atoms with van der Waals surface area (Å²) in [5.74, 6) is 6.09. The molecule has 4 N–H and O–H groups in total. The molecular formula is C12H14ClN5. The van der Waals surface area contributed by atoms with E-state index in [9.17, 15) is 0 Å². The molecule has 5 nitrogen and oxygen atoms in total. The summed E-state index contributed by atoms with van der Waals surface area (Å²) in [5, 5.41) is 3.57. The Morgan fingerprint density at radius 1 is 1.22 bits per heavy atom. The number of hydrogen-bond acceptors (Lipinski definition) is 5. The number of hydrazine groups is 1. The van der Waals surface area contributed by atoms with Crippen molar-refractivity contribution >= 4 is 29.1 Å². The fraction of sp³-hybridized carbons (Fsp3) is 0.167. The highest BCUT2D eigenvalue weighted by molar-refractivity contribution is 6.32. The van der Waals surface area contributed by atoms with E-state index < -0.39 is 0 Å². The summed E-state index contributed by atoms with van der Waals surface area (Å²) >= 11 is 6.02. The predicted molar refractivity (Wildman–Crippen MR) is 74.1 cm³/mol. The van der Waals surface area contributed by atoms with Crippen molar-refractivity contribution in [3.8, 4) is 0 Å². The first kappa shape index (κ1) is 12.6. The highest BCUT2D eigenvalue weighted by atomic mass is 35.5. The average Bonchev–Trinajstić information content (AvgIpc) is 2.36. The van der Waals surface area contributed by atoms with Crippen LogP contribution >= 0.6 is 11.6 Å². The molecule has 1 aromatic carbocycles. The summed E-state index contributed by atoms with van der Waals surface area (Å²) in [6, 6.07) is 6.04. The van der Waals surface area contributed by atoms with Crippen LogP contribution < -0.4 is 16.6 Å². The van der Waals surface area contributed by atoms with Gasteiger partial charge in [0, 0.05) is 5.69 Å². The van der Waals surface area contributed by atoms with Crippen molar-refractivity contribution in [1.82, 2.24) is 9.97 Å². The Kier molecular flexibility index (Phi) is 3.64. The van der Waals surface area contributed by atoms with Gasteiger partial charge in [0.15, 0.2) is 5.82 Å². The van der Waals surface area contributed by atoms with Gasteiger partial charge in [0.25, 0.3) is 0 Å². The molecular weight excluding hydrogens is 250 g/mol. The highest BCUT2D eigenvalue weighted by Gasteiger charge is 2.05. The second-order valence-electron chi connectivity index (χ2n) is 3.96. The number of nitrogen functional groups attached to an aromatic ring is 1. The Morgan fingerprint density at radius 2 is 2.00 bits per heavy atom. The minimum Gasteiger partial charge on any atom is -0.339 e. The molecule has 0 radical (unpaired) electrons. The van der Waals surface area contributed by atoms with Gasteiger partial charge in [-0.15, -0.1) is 0 Å². The van der Waals surface area contributed by atoms with Gasteiger partial charge in [-0.05, 0) is 37.1 Å². The number of rotatable bonds is 3. The normalized spacial score (nSPS) is 10.2. The second kappa shape index (κ2) is 5.20. The Labute approximate surface area is 110 Å². The van der Waals surface area contributed by atoms with Gasteiger partial charge in [-0.3, -0.25) is 5.43 Å². The topological polar surface area (TPSA) is 75.9 Å². The van der Waals surface area contributed by atoms with E-state index in [2.05, 4.69) is 34.6 Å². The van der Waals surface area contributed by atoms with E-state index in [0.717, 1.165) is 5.69 Å². The number of nitrogens with two attached hydrogens (primary N) is 1. The molecule has 94 valence electrons. The van der Waals surface area contributed by atoms with Crippen LogP contribution in [0.25, 0.3) is 0 Å². The second-order valence-corrected chi connectivity index (χ2v) is 4.37.